The Bertz CT molecular complexity index is 211. The molecule has 0 aliphatic carbocycles. The third kappa shape index (κ3) is 3.46. The van der Waals surface area contributed by atoms with Crippen LogP contribution in [0.5, 0.6) is 0 Å². The maximum atomic E-state index is 4.24. The van der Waals surface area contributed by atoms with Crippen LogP contribution in [-0.2, 0) is 6.42 Å². The van der Waals surface area contributed by atoms with E-state index >= 15 is 0 Å². The van der Waals surface area contributed by atoms with Crippen LogP contribution in [0, 0.1) is 13.8 Å². The quantitative estimate of drug-likeness (QED) is 0.641. The van der Waals surface area contributed by atoms with Gasteiger partial charge >= 0.3 is 0 Å². The Morgan fingerprint density at radius 3 is 1.83 bits per heavy atom. The van der Waals surface area contributed by atoms with Gasteiger partial charge in [0.25, 0.3) is 0 Å². The average molecular weight is 166 g/mol. The summed E-state index contributed by atoms with van der Waals surface area (Å²) in [4.78, 5) is 8.48. The predicted octanol–water partition coefficient (Wildman–Crippen LogP) is 2.68. The summed E-state index contributed by atoms with van der Waals surface area (Å²) in [6.07, 6.45) is 0.919. The fraction of sp³-hybridized carbons (Fsp3) is 0.600. The molecule has 0 N–H and O–H groups in total. The number of rotatable bonds is 1. The number of aromatic nitrogens is 2. The van der Waals surface area contributed by atoms with E-state index in [1.165, 1.54) is 0 Å². The summed E-state index contributed by atoms with van der Waals surface area (Å²) < 4.78 is 0. The van der Waals surface area contributed by atoms with Crippen molar-refractivity contribution in [3.63, 3.8) is 0 Å². The summed E-state index contributed by atoms with van der Waals surface area (Å²) in [7, 11) is 0. The van der Waals surface area contributed by atoms with Gasteiger partial charge in [-0.25, -0.2) is 9.97 Å². The molecule has 12 heavy (non-hydrogen) atoms. The molecule has 1 heterocycles. The molecule has 1 aromatic heterocycles. The molecule has 0 saturated carbocycles. The van der Waals surface area contributed by atoms with Crippen molar-refractivity contribution < 1.29 is 0 Å². The summed E-state index contributed by atoms with van der Waals surface area (Å²) in [6.45, 7) is 10.1. The van der Waals surface area contributed by atoms with Gasteiger partial charge in [0.05, 0.1) is 0 Å². The van der Waals surface area contributed by atoms with Crippen molar-refractivity contribution in [2.24, 2.45) is 0 Å². The highest BCUT2D eigenvalue weighted by Gasteiger charge is 1.94. The van der Waals surface area contributed by atoms with E-state index in [9.17, 15) is 0 Å². The van der Waals surface area contributed by atoms with Gasteiger partial charge in [-0.1, -0.05) is 20.8 Å². The lowest BCUT2D eigenvalue weighted by atomic mass is 10.3. The van der Waals surface area contributed by atoms with Gasteiger partial charge in [0.2, 0.25) is 0 Å². The largest absolute Gasteiger partial charge is 0.238 e. The Morgan fingerprint density at radius 2 is 1.50 bits per heavy atom. The summed E-state index contributed by atoms with van der Waals surface area (Å²) >= 11 is 0. The highest BCUT2D eigenvalue weighted by Crippen LogP contribution is 1.98. The van der Waals surface area contributed by atoms with Crippen molar-refractivity contribution in [1.82, 2.24) is 9.97 Å². The standard InChI is InChI=1S/C8H12N2.C2H6/c1-4-8-9-6(2)5-7(3)10-8;1-2/h5H,4H2,1-3H3;1-2H3. The first-order valence-electron chi connectivity index (χ1n) is 4.53. The van der Waals surface area contributed by atoms with E-state index < -0.39 is 0 Å². The van der Waals surface area contributed by atoms with Crippen LogP contribution < -0.4 is 0 Å². The van der Waals surface area contributed by atoms with Gasteiger partial charge in [0.1, 0.15) is 5.82 Å². The molecule has 0 spiro atoms. The van der Waals surface area contributed by atoms with E-state index in [1.807, 2.05) is 33.8 Å². The van der Waals surface area contributed by atoms with Crippen molar-refractivity contribution >= 4 is 0 Å². The molecule has 0 aliphatic rings. The minimum atomic E-state index is 0.919. The van der Waals surface area contributed by atoms with Crippen LogP contribution in [0.15, 0.2) is 6.07 Å². The number of hydrogen-bond donors (Lipinski definition) is 0. The Kier molecular flexibility index (Phi) is 5.26. The van der Waals surface area contributed by atoms with Crippen LogP contribution in [0.4, 0.5) is 0 Å². The lowest BCUT2D eigenvalue weighted by molar-refractivity contribution is 0.896. The maximum absolute atomic E-state index is 4.24. The molecule has 0 aliphatic heterocycles. The Labute approximate surface area is 75.1 Å². The van der Waals surface area contributed by atoms with E-state index in [0.717, 1.165) is 23.6 Å². The van der Waals surface area contributed by atoms with Gasteiger partial charge in [0.15, 0.2) is 0 Å². The summed E-state index contributed by atoms with van der Waals surface area (Å²) in [5, 5.41) is 0. The van der Waals surface area contributed by atoms with Crippen molar-refractivity contribution in [3.05, 3.63) is 23.3 Å². The van der Waals surface area contributed by atoms with Crippen LogP contribution in [0.1, 0.15) is 38.0 Å². The number of hydrogen-bond acceptors (Lipinski definition) is 2. The Morgan fingerprint density at radius 1 is 1.08 bits per heavy atom. The highest BCUT2D eigenvalue weighted by atomic mass is 14.9. The molecule has 0 bridgehead atoms. The molecule has 1 aromatic rings. The van der Waals surface area contributed by atoms with Crippen molar-refractivity contribution in [1.29, 1.82) is 0 Å². The van der Waals surface area contributed by atoms with Crippen LogP contribution in [0.25, 0.3) is 0 Å². The van der Waals surface area contributed by atoms with Crippen molar-refractivity contribution in [2.45, 2.75) is 41.0 Å². The molecule has 2 heteroatoms. The first kappa shape index (κ1) is 11.1. The van der Waals surface area contributed by atoms with Gasteiger partial charge in [0, 0.05) is 17.8 Å². The molecule has 0 aromatic carbocycles. The molecule has 0 saturated heterocycles. The molecule has 0 radical (unpaired) electrons. The molecule has 0 amide bonds. The van der Waals surface area contributed by atoms with Gasteiger partial charge < -0.3 is 0 Å². The minimum absolute atomic E-state index is 0.919. The minimum Gasteiger partial charge on any atom is -0.238 e. The van der Waals surface area contributed by atoms with Crippen molar-refractivity contribution in [3.8, 4) is 0 Å². The monoisotopic (exact) mass is 166 g/mol. The predicted molar refractivity (Wildman–Crippen MR) is 52.2 cm³/mol. The highest BCUT2D eigenvalue weighted by molar-refractivity contribution is 5.07. The molecule has 2 nitrogen and oxygen atoms in total. The summed E-state index contributed by atoms with van der Waals surface area (Å²) in [6, 6.07) is 1.99. The molecular formula is C10H18N2. The number of nitrogens with zero attached hydrogens (tertiary/aromatic N) is 2. The van der Waals surface area contributed by atoms with Crippen LogP contribution in [0.3, 0.4) is 0 Å². The smallest absolute Gasteiger partial charge is 0.128 e. The van der Waals surface area contributed by atoms with E-state index in [4.69, 9.17) is 0 Å². The van der Waals surface area contributed by atoms with Crippen LogP contribution >= 0.6 is 0 Å². The molecule has 0 atom stereocenters. The second-order valence-electron chi connectivity index (χ2n) is 2.42. The topological polar surface area (TPSA) is 25.8 Å². The molecule has 1 rings (SSSR count). The van der Waals surface area contributed by atoms with Gasteiger partial charge in [-0.3, -0.25) is 0 Å². The zero-order valence-electron chi connectivity index (χ0n) is 8.68. The lowest BCUT2D eigenvalue weighted by Gasteiger charge is -1.98. The average Bonchev–Trinajstić information content (AvgIpc) is 2.06. The van der Waals surface area contributed by atoms with Crippen LogP contribution in [-0.4, -0.2) is 9.97 Å². The van der Waals surface area contributed by atoms with Gasteiger partial charge in [-0.05, 0) is 19.9 Å². The van der Waals surface area contributed by atoms with Crippen LogP contribution in [0.2, 0.25) is 0 Å². The molecular weight excluding hydrogens is 148 g/mol. The SMILES string of the molecule is CC.CCc1nc(C)cc(C)n1. The zero-order chi connectivity index (χ0) is 9.56. The van der Waals surface area contributed by atoms with Gasteiger partial charge in [-0.15, -0.1) is 0 Å². The maximum Gasteiger partial charge on any atom is 0.128 e. The normalized spacial score (nSPS) is 8.75. The Balaban J connectivity index is 0.000000561. The van der Waals surface area contributed by atoms with Gasteiger partial charge in [-0.2, -0.15) is 0 Å². The van der Waals surface area contributed by atoms with Crippen molar-refractivity contribution in [2.75, 3.05) is 0 Å². The third-order valence-electron chi connectivity index (χ3n) is 1.34. The third-order valence-corrected chi connectivity index (χ3v) is 1.34. The van der Waals surface area contributed by atoms with E-state index in [1.54, 1.807) is 0 Å². The van der Waals surface area contributed by atoms with E-state index in [2.05, 4.69) is 16.9 Å². The summed E-state index contributed by atoms with van der Waals surface area (Å²) in [5.41, 5.74) is 2.12. The first-order chi connectivity index (χ1) is 5.72. The molecule has 0 fully saturated rings. The summed E-state index contributed by atoms with van der Waals surface area (Å²) in [5.74, 6) is 0.942. The molecule has 68 valence electrons. The second kappa shape index (κ2) is 5.70. The first-order valence-corrected chi connectivity index (χ1v) is 4.53. The fourth-order valence-corrected chi connectivity index (χ4v) is 0.957. The van der Waals surface area contributed by atoms with E-state index in [-0.39, 0.29) is 0 Å². The molecule has 0 unspecified atom stereocenters. The van der Waals surface area contributed by atoms with E-state index in [0.29, 0.717) is 0 Å². The second-order valence-corrected chi connectivity index (χ2v) is 2.42. The Hall–Kier alpha value is -0.920. The zero-order valence-corrected chi connectivity index (χ0v) is 8.68. The lowest BCUT2D eigenvalue weighted by Crippen LogP contribution is -1.96. The number of aryl methyl sites for hydroxylation is 3. The fourth-order valence-electron chi connectivity index (χ4n) is 0.957.